The molecule has 0 unspecified atom stereocenters. The molecular weight excluding hydrogens is 462 g/mol. The highest BCUT2D eigenvalue weighted by atomic mass is 35.5. The van der Waals surface area contributed by atoms with E-state index in [1.165, 1.54) is 28.9 Å². The number of benzene rings is 2. The Morgan fingerprint density at radius 1 is 0.848 bits per heavy atom. The first-order chi connectivity index (χ1) is 15.9. The first-order valence-corrected chi connectivity index (χ1v) is 13.1. The summed E-state index contributed by atoms with van der Waals surface area (Å²) in [5.41, 5.74) is 1.72. The van der Waals surface area contributed by atoms with Gasteiger partial charge in [-0.15, -0.1) is 0 Å². The number of amides is 2. The third-order valence-corrected chi connectivity index (χ3v) is 8.55. The lowest BCUT2D eigenvalue weighted by atomic mass is 10.1. The Hall–Kier alpha value is -2.42. The molecule has 2 heterocycles. The van der Waals surface area contributed by atoms with Gasteiger partial charge in [0.2, 0.25) is 10.0 Å². The van der Waals surface area contributed by atoms with E-state index < -0.39 is 15.9 Å². The van der Waals surface area contributed by atoms with E-state index in [4.69, 9.17) is 11.6 Å². The number of carbonyl (C=O) groups excluding carboxylic acids is 2. The van der Waals surface area contributed by atoms with Crippen LogP contribution in [0.15, 0.2) is 47.4 Å². The Morgan fingerprint density at radius 3 is 2.12 bits per heavy atom. The molecule has 4 rings (SSSR count). The molecule has 1 N–H and O–H groups in total. The van der Waals surface area contributed by atoms with E-state index in [1.807, 2.05) is 17.0 Å². The number of hydrogen-bond donors (Lipinski definition) is 1. The van der Waals surface area contributed by atoms with E-state index in [9.17, 15) is 18.0 Å². The molecule has 2 aromatic rings. The van der Waals surface area contributed by atoms with Crippen molar-refractivity contribution < 1.29 is 18.0 Å². The molecule has 9 heteroatoms. The zero-order chi connectivity index (χ0) is 23.4. The van der Waals surface area contributed by atoms with Crippen LogP contribution in [0.2, 0.25) is 5.02 Å². The standard InChI is InChI=1S/C24H28ClN3O4S/c25-21-11-10-20(16-22(21)33(31,32)28-14-4-5-15-28)23(29)26-17-18-6-8-19(9-7-18)24(30)27-12-2-1-3-13-27/h6-11,16H,1-5,12-15,17H2,(H,26,29). The van der Waals surface area contributed by atoms with E-state index in [2.05, 4.69) is 5.32 Å². The van der Waals surface area contributed by atoms with Crippen molar-refractivity contribution in [3.05, 3.63) is 64.2 Å². The molecule has 2 amide bonds. The summed E-state index contributed by atoms with van der Waals surface area (Å²) in [6, 6.07) is 11.5. The van der Waals surface area contributed by atoms with Crippen molar-refractivity contribution in [2.75, 3.05) is 26.2 Å². The Morgan fingerprint density at radius 2 is 1.45 bits per heavy atom. The van der Waals surface area contributed by atoms with Gasteiger partial charge in [0.05, 0.1) is 5.02 Å². The second kappa shape index (κ2) is 10.2. The molecule has 176 valence electrons. The predicted octanol–water partition coefficient (Wildman–Crippen LogP) is 3.68. The number of likely N-dealkylation sites (tertiary alicyclic amines) is 1. The third kappa shape index (κ3) is 5.39. The second-order valence-corrected chi connectivity index (χ2v) is 10.8. The molecule has 2 saturated heterocycles. The van der Waals surface area contributed by atoms with Crippen molar-refractivity contribution in [2.24, 2.45) is 0 Å². The predicted molar refractivity (Wildman–Crippen MR) is 127 cm³/mol. The lowest BCUT2D eigenvalue weighted by molar-refractivity contribution is 0.0724. The van der Waals surface area contributed by atoms with Gasteiger partial charge in [0.25, 0.3) is 11.8 Å². The highest BCUT2D eigenvalue weighted by Crippen LogP contribution is 2.28. The van der Waals surface area contributed by atoms with Gasteiger partial charge in [0.15, 0.2) is 0 Å². The molecule has 33 heavy (non-hydrogen) atoms. The zero-order valence-corrected chi connectivity index (χ0v) is 20.0. The lowest BCUT2D eigenvalue weighted by Gasteiger charge is -2.26. The molecule has 0 aromatic heterocycles. The summed E-state index contributed by atoms with van der Waals surface area (Å²) in [5.74, 6) is -0.351. The minimum absolute atomic E-state index is 0.0400. The first-order valence-electron chi connectivity index (χ1n) is 11.3. The zero-order valence-electron chi connectivity index (χ0n) is 18.4. The number of hydrogen-bond acceptors (Lipinski definition) is 4. The maximum Gasteiger partial charge on any atom is 0.253 e. The largest absolute Gasteiger partial charge is 0.348 e. The molecule has 2 fully saturated rings. The second-order valence-electron chi connectivity index (χ2n) is 8.49. The minimum Gasteiger partial charge on any atom is -0.348 e. The van der Waals surface area contributed by atoms with Gasteiger partial charge in [0, 0.05) is 43.9 Å². The van der Waals surface area contributed by atoms with Crippen LogP contribution >= 0.6 is 11.6 Å². The van der Waals surface area contributed by atoms with E-state index in [-0.39, 0.29) is 27.9 Å². The average molecular weight is 490 g/mol. The summed E-state index contributed by atoms with van der Waals surface area (Å²) in [4.78, 5) is 27.1. The molecule has 2 aromatic carbocycles. The summed E-state index contributed by atoms with van der Waals surface area (Å²) in [5, 5.41) is 2.91. The lowest BCUT2D eigenvalue weighted by Crippen LogP contribution is -2.35. The molecule has 2 aliphatic rings. The van der Waals surface area contributed by atoms with Crippen LogP contribution in [0.25, 0.3) is 0 Å². The summed E-state index contributed by atoms with van der Waals surface area (Å²) in [6.07, 6.45) is 4.89. The highest BCUT2D eigenvalue weighted by Gasteiger charge is 2.29. The van der Waals surface area contributed by atoms with Crippen LogP contribution < -0.4 is 5.32 Å². The van der Waals surface area contributed by atoms with Gasteiger partial charge >= 0.3 is 0 Å². The number of carbonyl (C=O) groups is 2. The fourth-order valence-corrected chi connectivity index (χ4v) is 6.26. The average Bonchev–Trinajstić information content (AvgIpc) is 3.39. The quantitative estimate of drug-likeness (QED) is 0.670. The SMILES string of the molecule is O=C(NCc1ccc(C(=O)N2CCCCC2)cc1)c1ccc(Cl)c(S(=O)(=O)N2CCCC2)c1. The summed E-state index contributed by atoms with van der Waals surface area (Å²) < 4.78 is 27.2. The normalized spacial score (nSPS) is 17.2. The van der Waals surface area contributed by atoms with Crippen LogP contribution in [0.1, 0.15) is 58.4 Å². The maximum atomic E-state index is 12.9. The molecule has 0 atom stereocenters. The molecule has 0 bridgehead atoms. The third-order valence-electron chi connectivity index (χ3n) is 6.17. The summed E-state index contributed by atoms with van der Waals surface area (Å²) >= 11 is 6.16. The molecule has 0 radical (unpaired) electrons. The number of piperidine rings is 1. The van der Waals surface area contributed by atoms with Gasteiger partial charge in [-0.2, -0.15) is 4.31 Å². The monoisotopic (exact) mass is 489 g/mol. The van der Waals surface area contributed by atoms with Crippen LogP contribution in [-0.4, -0.2) is 55.6 Å². The number of nitrogens with one attached hydrogen (secondary N) is 1. The van der Waals surface area contributed by atoms with Crippen molar-refractivity contribution in [3.63, 3.8) is 0 Å². The van der Waals surface area contributed by atoms with Crippen LogP contribution in [-0.2, 0) is 16.6 Å². The van der Waals surface area contributed by atoms with Gasteiger partial charge in [-0.25, -0.2) is 8.42 Å². The number of sulfonamides is 1. The van der Waals surface area contributed by atoms with Crippen LogP contribution in [0.4, 0.5) is 0 Å². The number of nitrogens with zero attached hydrogens (tertiary/aromatic N) is 2. The van der Waals surface area contributed by atoms with Crippen molar-refractivity contribution in [3.8, 4) is 0 Å². The van der Waals surface area contributed by atoms with Crippen molar-refractivity contribution in [1.82, 2.24) is 14.5 Å². The van der Waals surface area contributed by atoms with Crippen molar-refractivity contribution >= 4 is 33.4 Å². The summed E-state index contributed by atoms with van der Waals surface area (Å²) in [6.45, 7) is 2.78. The molecule has 0 aliphatic carbocycles. The number of rotatable bonds is 6. The van der Waals surface area contributed by atoms with E-state index in [0.717, 1.165) is 44.3 Å². The topological polar surface area (TPSA) is 86.8 Å². The van der Waals surface area contributed by atoms with E-state index in [0.29, 0.717) is 18.7 Å². The van der Waals surface area contributed by atoms with Crippen LogP contribution in [0.3, 0.4) is 0 Å². The van der Waals surface area contributed by atoms with Crippen LogP contribution in [0, 0.1) is 0 Å². The Bertz CT molecular complexity index is 1120. The van der Waals surface area contributed by atoms with E-state index >= 15 is 0 Å². The fraction of sp³-hybridized carbons (Fsp3) is 0.417. The molecule has 0 saturated carbocycles. The van der Waals surface area contributed by atoms with Gasteiger partial charge < -0.3 is 10.2 Å². The fourth-order valence-electron chi connectivity index (χ4n) is 4.24. The Kier molecular flexibility index (Phi) is 7.36. The van der Waals surface area contributed by atoms with Gasteiger partial charge in [-0.1, -0.05) is 23.7 Å². The molecule has 2 aliphatic heterocycles. The summed E-state index contributed by atoms with van der Waals surface area (Å²) in [7, 11) is -3.73. The van der Waals surface area contributed by atoms with Gasteiger partial charge in [-0.05, 0) is 68.0 Å². The Balaban J connectivity index is 1.40. The van der Waals surface area contributed by atoms with Crippen molar-refractivity contribution in [1.29, 1.82) is 0 Å². The minimum atomic E-state index is -3.73. The molecule has 7 nitrogen and oxygen atoms in total. The molecular formula is C24H28ClN3O4S. The first kappa shape index (κ1) is 23.7. The van der Waals surface area contributed by atoms with Gasteiger partial charge in [-0.3, -0.25) is 9.59 Å². The highest BCUT2D eigenvalue weighted by molar-refractivity contribution is 7.89. The van der Waals surface area contributed by atoms with Crippen LogP contribution in [0.5, 0.6) is 0 Å². The number of halogens is 1. The maximum absolute atomic E-state index is 12.9. The van der Waals surface area contributed by atoms with Crippen molar-refractivity contribution in [2.45, 2.75) is 43.5 Å². The molecule has 0 spiro atoms. The van der Waals surface area contributed by atoms with Gasteiger partial charge in [0.1, 0.15) is 4.90 Å². The Labute approximate surface area is 199 Å². The smallest absolute Gasteiger partial charge is 0.253 e. The van der Waals surface area contributed by atoms with E-state index in [1.54, 1.807) is 12.1 Å².